The van der Waals surface area contributed by atoms with Gasteiger partial charge in [-0.05, 0) is 12.5 Å². The summed E-state index contributed by atoms with van der Waals surface area (Å²) in [6.07, 6.45) is 0. The summed E-state index contributed by atoms with van der Waals surface area (Å²) < 4.78 is 5.04. The first kappa shape index (κ1) is 8.19. The highest BCUT2D eigenvalue weighted by molar-refractivity contribution is 6.49. The Morgan fingerprint density at radius 1 is 1.15 bits per heavy atom. The quantitative estimate of drug-likeness (QED) is 0.430. The van der Waals surface area contributed by atoms with Gasteiger partial charge in [0.1, 0.15) is 0 Å². The van der Waals surface area contributed by atoms with Crippen LogP contribution in [0.25, 0.3) is 0 Å². The molecule has 1 N–H and O–H groups in total. The lowest BCUT2D eigenvalue weighted by Crippen LogP contribution is -2.25. The summed E-state index contributed by atoms with van der Waals surface area (Å²) in [6.45, 7) is 2.11. The first-order chi connectivity index (χ1) is 6.13. The van der Waals surface area contributed by atoms with Crippen molar-refractivity contribution in [1.82, 2.24) is 0 Å². The third-order valence-corrected chi connectivity index (χ3v) is 2.36. The second-order valence-corrected chi connectivity index (χ2v) is 3.08. The summed E-state index contributed by atoms with van der Waals surface area (Å²) in [5.41, 5.74) is 1.54. The van der Waals surface area contributed by atoms with Crippen LogP contribution in [0.3, 0.4) is 0 Å². The van der Waals surface area contributed by atoms with Gasteiger partial charge in [-0.15, -0.1) is 0 Å². The first-order valence-corrected chi connectivity index (χ1v) is 3.92. The summed E-state index contributed by atoms with van der Waals surface area (Å²) in [7, 11) is 0. The number of aliphatic hydroxyl groups excluding tert-OH is 1. The summed E-state index contributed by atoms with van der Waals surface area (Å²) in [5, 5.41) is 9.28. The molecule has 0 unspecified atom stereocenters. The van der Waals surface area contributed by atoms with E-state index in [1.165, 1.54) is 0 Å². The molecule has 1 aliphatic carbocycles. The molecule has 0 bridgehead atoms. The Bertz CT molecular complexity index is 367. The van der Waals surface area contributed by atoms with Crippen LogP contribution in [0.1, 0.15) is 6.92 Å². The number of hydrogen-bond acceptors (Lipinski definition) is 4. The van der Waals surface area contributed by atoms with Crippen molar-refractivity contribution in [3.63, 3.8) is 0 Å². The van der Waals surface area contributed by atoms with Gasteiger partial charge >= 0.3 is 0 Å². The minimum absolute atomic E-state index is 0.185. The molecule has 1 heterocycles. The predicted octanol–water partition coefficient (Wildman–Crippen LogP) is 0.297. The fourth-order valence-electron chi connectivity index (χ4n) is 1.52. The van der Waals surface area contributed by atoms with Crippen molar-refractivity contribution in [3.8, 4) is 0 Å². The summed E-state index contributed by atoms with van der Waals surface area (Å²) in [6, 6.07) is 0. The third-order valence-electron chi connectivity index (χ3n) is 2.36. The molecule has 0 saturated carbocycles. The van der Waals surface area contributed by atoms with Gasteiger partial charge in [-0.25, -0.2) is 0 Å². The Hall–Kier alpha value is -1.42. The molecule has 0 atom stereocenters. The van der Waals surface area contributed by atoms with Crippen molar-refractivity contribution in [1.29, 1.82) is 0 Å². The van der Waals surface area contributed by atoms with Crippen LogP contribution < -0.4 is 0 Å². The van der Waals surface area contributed by atoms with E-state index in [-0.39, 0.29) is 6.61 Å². The Kier molecular flexibility index (Phi) is 1.60. The number of carbonyl (C=O) groups excluding carboxylic acids is 2. The molecule has 68 valence electrons. The number of Topliss-reactive ketones (excluding diaryl/α,β-unsaturated/α-hetero) is 2. The first-order valence-electron chi connectivity index (χ1n) is 3.92. The van der Waals surface area contributed by atoms with Gasteiger partial charge in [-0.2, -0.15) is 0 Å². The molecule has 0 aromatic carbocycles. The number of aliphatic hydroxyl groups is 1. The zero-order valence-corrected chi connectivity index (χ0v) is 7.09. The lowest BCUT2D eigenvalue weighted by molar-refractivity contribution is -0.134. The molecule has 0 saturated heterocycles. The lowest BCUT2D eigenvalue weighted by atomic mass is 9.91. The van der Waals surface area contributed by atoms with Gasteiger partial charge in [0.05, 0.1) is 13.2 Å². The van der Waals surface area contributed by atoms with Crippen molar-refractivity contribution < 1.29 is 19.4 Å². The van der Waals surface area contributed by atoms with E-state index in [0.29, 0.717) is 23.3 Å². The summed E-state index contributed by atoms with van der Waals surface area (Å²) >= 11 is 0. The summed E-state index contributed by atoms with van der Waals surface area (Å²) in [5.74, 6) is -1.88. The van der Waals surface area contributed by atoms with Gasteiger partial charge in [0.2, 0.25) is 5.78 Å². The standard InChI is InChI=1S/C9H8O4/c1-4-5-2-13-3-6(5)8(11)9(12)7(4)10/h10H,2-3H2,1H3. The molecule has 2 rings (SSSR count). The summed E-state index contributed by atoms with van der Waals surface area (Å²) in [4.78, 5) is 22.4. The number of rotatable bonds is 0. The zero-order chi connectivity index (χ0) is 9.59. The topological polar surface area (TPSA) is 63.6 Å². The maximum absolute atomic E-state index is 11.3. The maximum Gasteiger partial charge on any atom is 0.267 e. The van der Waals surface area contributed by atoms with E-state index in [0.717, 1.165) is 0 Å². The van der Waals surface area contributed by atoms with Gasteiger partial charge in [-0.1, -0.05) is 0 Å². The SMILES string of the molecule is CC1=C(O)C(=O)C(=O)C2=C1COC2. The van der Waals surface area contributed by atoms with E-state index in [4.69, 9.17) is 4.74 Å². The zero-order valence-electron chi connectivity index (χ0n) is 7.09. The molecule has 0 amide bonds. The van der Waals surface area contributed by atoms with Gasteiger partial charge < -0.3 is 9.84 Å². The molecule has 4 heteroatoms. The van der Waals surface area contributed by atoms with Crippen molar-refractivity contribution in [2.45, 2.75) is 6.92 Å². The van der Waals surface area contributed by atoms with E-state index >= 15 is 0 Å². The highest BCUT2D eigenvalue weighted by atomic mass is 16.5. The van der Waals surface area contributed by atoms with Crippen molar-refractivity contribution in [3.05, 3.63) is 22.5 Å². The molecular formula is C9H8O4. The fraction of sp³-hybridized carbons (Fsp3) is 0.333. The van der Waals surface area contributed by atoms with Crippen LogP contribution in [0.5, 0.6) is 0 Å². The number of ketones is 2. The molecule has 4 nitrogen and oxygen atoms in total. The number of carbonyl (C=O) groups is 2. The molecule has 0 aromatic rings. The number of ether oxygens (including phenoxy) is 1. The van der Waals surface area contributed by atoms with Crippen LogP contribution in [-0.4, -0.2) is 29.9 Å². The minimum Gasteiger partial charge on any atom is -0.504 e. The third kappa shape index (κ3) is 0.954. The monoisotopic (exact) mass is 180 g/mol. The minimum atomic E-state index is -0.818. The average Bonchev–Trinajstić information content (AvgIpc) is 2.59. The van der Waals surface area contributed by atoms with E-state index in [2.05, 4.69) is 0 Å². The van der Waals surface area contributed by atoms with E-state index in [9.17, 15) is 14.7 Å². The van der Waals surface area contributed by atoms with Crippen molar-refractivity contribution in [2.24, 2.45) is 0 Å². The van der Waals surface area contributed by atoms with Crippen LogP contribution >= 0.6 is 0 Å². The van der Waals surface area contributed by atoms with Gasteiger partial charge in [-0.3, -0.25) is 9.59 Å². The Morgan fingerprint density at radius 2 is 1.77 bits per heavy atom. The van der Waals surface area contributed by atoms with Crippen LogP contribution in [-0.2, 0) is 14.3 Å². The van der Waals surface area contributed by atoms with Crippen molar-refractivity contribution >= 4 is 11.6 Å². The smallest absolute Gasteiger partial charge is 0.267 e. The normalized spacial score (nSPS) is 22.8. The fourth-order valence-corrected chi connectivity index (χ4v) is 1.52. The van der Waals surface area contributed by atoms with Gasteiger partial charge in [0.25, 0.3) is 5.78 Å². The lowest BCUT2D eigenvalue weighted by Gasteiger charge is -2.12. The van der Waals surface area contributed by atoms with Crippen molar-refractivity contribution in [2.75, 3.05) is 13.2 Å². The molecular weight excluding hydrogens is 172 g/mol. The van der Waals surface area contributed by atoms with Crippen LogP contribution in [0.4, 0.5) is 0 Å². The second kappa shape index (κ2) is 2.53. The molecule has 0 fully saturated rings. The maximum atomic E-state index is 11.3. The molecule has 0 aromatic heterocycles. The molecule has 2 aliphatic rings. The Labute approximate surface area is 74.5 Å². The Balaban J connectivity index is 2.59. The average molecular weight is 180 g/mol. The Morgan fingerprint density at radius 3 is 2.46 bits per heavy atom. The van der Waals surface area contributed by atoms with Gasteiger partial charge in [0, 0.05) is 11.1 Å². The molecule has 1 aliphatic heterocycles. The van der Waals surface area contributed by atoms with Crippen LogP contribution in [0.2, 0.25) is 0 Å². The highest BCUT2D eigenvalue weighted by Gasteiger charge is 2.35. The largest absolute Gasteiger partial charge is 0.504 e. The molecule has 13 heavy (non-hydrogen) atoms. The van der Waals surface area contributed by atoms with E-state index in [1.807, 2.05) is 0 Å². The van der Waals surface area contributed by atoms with Gasteiger partial charge in [0.15, 0.2) is 5.76 Å². The number of hydrogen-bond donors (Lipinski definition) is 1. The van der Waals surface area contributed by atoms with Crippen LogP contribution in [0, 0.1) is 0 Å². The number of allylic oxidation sites excluding steroid dienone is 1. The van der Waals surface area contributed by atoms with E-state index < -0.39 is 17.3 Å². The van der Waals surface area contributed by atoms with E-state index in [1.54, 1.807) is 6.92 Å². The molecule has 0 spiro atoms. The van der Waals surface area contributed by atoms with Crippen LogP contribution in [0.15, 0.2) is 22.5 Å². The highest BCUT2D eigenvalue weighted by Crippen LogP contribution is 2.28. The molecule has 0 radical (unpaired) electrons. The predicted molar refractivity (Wildman–Crippen MR) is 43.2 cm³/mol. The second-order valence-electron chi connectivity index (χ2n) is 3.08.